The lowest BCUT2D eigenvalue weighted by Gasteiger charge is -2.28. The number of pyridine rings is 1. The van der Waals surface area contributed by atoms with Gasteiger partial charge in [-0.25, -0.2) is 0 Å². The summed E-state index contributed by atoms with van der Waals surface area (Å²) in [5, 5.41) is 10.6. The van der Waals surface area contributed by atoms with E-state index in [1.165, 1.54) is 4.90 Å². The van der Waals surface area contributed by atoms with Gasteiger partial charge in [0.25, 0.3) is 5.91 Å². The van der Waals surface area contributed by atoms with Gasteiger partial charge in [0, 0.05) is 24.5 Å². The van der Waals surface area contributed by atoms with Crippen LogP contribution in [0.2, 0.25) is 0 Å². The van der Waals surface area contributed by atoms with Crippen LogP contribution in [0.15, 0.2) is 60.1 Å². The molecule has 2 aromatic rings. The molecule has 152 valence electrons. The number of anilines is 1. The Hall–Kier alpha value is -2.95. The zero-order chi connectivity index (χ0) is 21.3. The molecule has 1 aliphatic rings. The number of aromatic nitrogens is 1. The molecule has 1 amide bonds. The third-order valence-electron chi connectivity index (χ3n) is 5.14. The second kappa shape index (κ2) is 7.82. The first-order valence-corrected chi connectivity index (χ1v) is 9.91. The summed E-state index contributed by atoms with van der Waals surface area (Å²) in [6.07, 6.45) is 3.52. The van der Waals surface area contributed by atoms with Crippen LogP contribution in [0.25, 0.3) is 0 Å². The van der Waals surface area contributed by atoms with Gasteiger partial charge in [-0.3, -0.25) is 19.5 Å². The second-order valence-corrected chi connectivity index (χ2v) is 8.94. The van der Waals surface area contributed by atoms with Crippen molar-refractivity contribution >= 4 is 17.4 Å². The number of carbonyl (C=O) groups is 2. The summed E-state index contributed by atoms with van der Waals surface area (Å²) in [5.41, 5.74) is 2.67. The molecule has 1 N–H and O–H groups in total. The number of aliphatic hydroxyl groups is 1. The Kier molecular flexibility index (Phi) is 5.60. The summed E-state index contributed by atoms with van der Waals surface area (Å²) in [6.45, 7) is 10.3. The second-order valence-electron chi connectivity index (χ2n) is 8.94. The van der Waals surface area contributed by atoms with Crippen molar-refractivity contribution in [2.45, 2.75) is 52.5 Å². The van der Waals surface area contributed by atoms with E-state index in [1.807, 2.05) is 38.1 Å². The van der Waals surface area contributed by atoms with E-state index in [0.717, 1.165) is 11.1 Å². The number of ketones is 1. The fourth-order valence-electron chi connectivity index (χ4n) is 3.62. The largest absolute Gasteiger partial charge is 0.503 e. The molecule has 0 aliphatic carbocycles. The molecule has 0 fully saturated rings. The molecule has 1 aliphatic heterocycles. The first-order valence-electron chi connectivity index (χ1n) is 9.91. The number of Topliss-reactive ketones (excluding diaryl/α,β-unsaturated/α-hetero) is 1. The number of nitrogens with zero attached hydrogens (tertiary/aromatic N) is 2. The van der Waals surface area contributed by atoms with Crippen molar-refractivity contribution < 1.29 is 14.7 Å². The van der Waals surface area contributed by atoms with Crippen LogP contribution >= 0.6 is 0 Å². The smallest absolute Gasteiger partial charge is 0.294 e. The van der Waals surface area contributed by atoms with Crippen molar-refractivity contribution in [2.75, 3.05) is 4.90 Å². The molecule has 1 unspecified atom stereocenters. The Balaban J connectivity index is 2.09. The number of benzene rings is 1. The lowest BCUT2D eigenvalue weighted by atomic mass is 9.87. The van der Waals surface area contributed by atoms with Gasteiger partial charge >= 0.3 is 0 Å². The lowest BCUT2D eigenvalue weighted by molar-refractivity contribution is -0.118. The van der Waals surface area contributed by atoms with Crippen LogP contribution in [0.5, 0.6) is 0 Å². The summed E-state index contributed by atoms with van der Waals surface area (Å²) in [4.78, 5) is 31.5. The van der Waals surface area contributed by atoms with E-state index in [-0.39, 0.29) is 29.1 Å². The quantitative estimate of drug-likeness (QED) is 0.786. The van der Waals surface area contributed by atoms with Crippen LogP contribution < -0.4 is 4.90 Å². The number of hydrogen-bond donors (Lipinski definition) is 1. The average molecular weight is 392 g/mol. The van der Waals surface area contributed by atoms with Crippen LogP contribution in [0.1, 0.15) is 58.2 Å². The zero-order valence-corrected chi connectivity index (χ0v) is 17.6. The van der Waals surface area contributed by atoms with E-state index in [0.29, 0.717) is 5.69 Å². The Morgan fingerprint density at radius 2 is 1.69 bits per heavy atom. The molecule has 1 atom stereocenters. The molecule has 3 rings (SSSR count). The maximum absolute atomic E-state index is 13.0. The maximum Gasteiger partial charge on any atom is 0.294 e. The fraction of sp³-hybridized carbons (Fsp3) is 0.375. The minimum atomic E-state index is -0.669. The van der Waals surface area contributed by atoms with Crippen LogP contribution in [0.4, 0.5) is 5.69 Å². The minimum Gasteiger partial charge on any atom is -0.503 e. The minimum absolute atomic E-state index is 0.0170. The summed E-state index contributed by atoms with van der Waals surface area (Å²) in [6, 6.07) is 10.6. The van der Waals surface area contributed by atoms with Crippen LogP contribution in [0.3, 0.4) is 0 Å². The molecule has 0 radical (unpaired) electrons. The molecule has 5 nitrogen and oxygen atoms in total. The van der Waals surface area contributed by atoms with Gasteiger partial charge < -0.3 is 5.11 Å². The maximum atomic E-state index is 13.0. The van der Waals surface area contributed by atoms with Crippen molar-refractivity contribution in [3.63, 3.8) is 0 Å². The average Bonchev–Trinajstić information content (AvgIpc) is 2.92. The van der Waals surface area contributed by atoms with Crippen molar-refractivity contribution in [3.8, 4) is 0 Å². The lowest BCUT2D eigenvalue weighted by Crippen LogP contribution is -2.31. The Morgan fingerprint density at radius 3 is 2.21 bits per heavy atom. The molecule has 1 aromatic heterocycles. The molecule has 2 heterocycles. The van der Waals surface area contributed by atoms with Crippen LogP contribution in [0, 0.1) is 5.92 Å². The summed E-state index contributed by atoms with van der Waals surface area (Å²) >= 11 is 0. The predicted molar refractivity (Wildman–Crippen MR) is 114 cm³/mol. The zero-order valence-electron chi connectivity index (χ0n) is 17.6. The summed E-state index contributed by atoms with van der Waals surface area (Å²) in [7, 11) is 0. The predicted octanol–water partition coefficient (Wildman–Crippen LogP) is 4.89. The number of hydrogen-bond acceptors (Lipinski definition) is 4. The van der Waals surface area contributed by atoms with E-state index < -0.39 is 17.7 Å². The van der Waals surface area contributed by atoms with Gasteiger partial charge in [-0.15, -0.1) is 0 Å². The van der Waals surface area contributed by atoms with Crippen LogP contribution in [-0.4, -0.2) is 21.8 Å². The van der Waals surface area contributed by atoms with Gasteiger partial charge in [-0.05, 0) is 46.7 Å². The highest BCUT2D eigenvalue weighted by Crippen LogP contribution is 2.41. The Labute approximate surface area is 172 Å². The molecule has 0 bridgehead atoms. The molecule has 0 saturated heterocycles. The van der Waals surface area contributed by atoms with Crippen molar-refractivity contribution in [1.82, 2.24) is 4.98 Å². The third-order valence-corrected chi connectivity index (χ3v) is 5.14. The molecule has 29 heavy (non-hydrogen) atoms. The van der Waals surface area contributed by atoms with Gasteiger partial charge in [-0.1, -0.05) is 46.8 Å². The van der Waals surface area contributed by atoms with Crippen LogP contribution in [-0.2, 0) is 15.0 Å². The number of amides is 1. The number of rotatable bonds is 5. The first-order chi connectivity index (χ1) is 13.6. The van der Waals surface area contributed by atoms with E-state index in [2.05, 4.69) is 25.8 Å². The van der Waals surface area contributed by atoms with Crippen molar-refractivity contribution in [3.05, 3.63) is 71.3 Å². The van der Waals surface area contributed by atoms with E-state index in [4.69, 9.17) is 0 Å². The van der Waals surface area contributed by atoms with Gasteiger partial charge in [0.2, 0.25) is 0 Å². The Morgan fingerprint density at radius 1 is 1.10 bits per heavy atom. The summed E-state index contributed by atoms with van der Waals surface area (Å²) < 4.78 is 0. The Bertz CT molecular complexity index is 938. The highest BCUT2D eigenvalue weighted by Gasteiger charge is 2.44. The van der Waals surface area contributed by atoms with Gasteiger partial charge in [0.15, 0.2) is 11.5 Å². The third kappa shape index (κ3) is 4.09. The standard InChI is InChI=1S/C24H28N2O3/c1-15(2)14-19(27)20-21(16-10-12-25-13-11-16)26(23(29)22(20)28)18-8-6-17(7-9-18)24(3,4)5/h6-13,15,21,28H,14H2,1-5H3. The van der Waals surface area contributed by atoms with E-state index in [1.54, 1.807) is 24.5 Å². The highest BCUT2D eigenvalue weighted by atomic mass is 16.3. The fourth-order valence-corrected chi connectivity index (χ4v) is 3.62. The van der Waals surface area contributed by atoms with Crippen molar-refractivity contribution in [2.24, 2.45) is 5.92 Å². The molecule has 1 aromatic carbocycles. The summed E-state index contributed by atoms with van der Waals surface area (Å²) in [5.74, 6) is -1.10. The molecule has 5 heteroatoms. The highest BCUT2D eigenvalue weighted by molar-refractivity contribution is 6.16. The SMILES string of the molecule is CC(C)CC(=O)C1=C(O)C(=O)N(c2ccc(C(C)(C)C)cc2)C1c1ccncc1. The van der Waals surface area contributed by atoms with Gasteiger partial charge in [0.1, 0.15) is 0 Å². The van der Waals surface area contributed by atoms with E-state index in [9.17, 15) is 14.7 Å². The topological polar surface area (TPSA) is 70.5 Å². The molecule has 0 spiro atoms. The van der Waals surface area contributed by atoms with Gasteiger partial charge in [-0.2, -0.15) is 0 Å². The first kappa shape index (κ1) is 20.8. The normalized spacial score (nSPS) is 17.4. The number of aliphatic hydroxyl groups excluding tert-OH is 1. The van der Waals surface area contributed by atoms with Gasteiger partial charge in [0.05, 0.1) is 11.6 Å². The molecule has 0 saturated carbocycles. The molecular formula is C24H28N2O3. The monoisotopic (exact) mass is 392 g/mol. The van der Waals surface area contributed by atoms with Crippen molar-refractivity contribution in [1.29, 1.82) is 0 Å². The molecular weight excluding hydrogens is 364 g/mol. The number of carbonyl (C=O) groups excluding carboxylic acids is 2. The van der Waals surface area contributed by atoms with E-state index >= 15 is 0 Å².